The first-order valence-electron chi connectivity index (χ1n) is 7.31. The van der Waals surface area contributed by atoms with Crippen molar-refractivity contribution in [2.75, 3.05) is 13.2 Å². The maximum atomic E-state index is 5.32. The zero-order valence-corrected chi connectivity index (χ0v) is 11.3. The van der Waals surface area contributed by atoms with Crippen molar-refractivity contribution in [2.45, 2.75) is 78.2 Å². The Labute approximate surface area is 114 Å². The Morgan fingerprint density at radius 1 is 1.06 bits per heavy atom. The molecule has 0 radical (unpaired) electrons. The zero-order chi connectivity index (χ0) is 12.2. The zero-order valence-electron chi connectivity index (χ0n) is 11.3. The van der Waals surface area contributed by atoms with Gasteiger partial charge in [0.2, 0.25) is 0 Å². The SMILES string of the molecule is C.CCCCCCCCCCC=COCC1CO1. The van der Waals surface area contributed by atoms with E-state index in [-0.39, 0.29) is 7.43 Å². The molecule has 0 N–H and O–H groups in total. The highest BCUT2D eigenvalue weighted by Gasteiger charge is 2.22. The van der Waals surface area contributed by atoms with Gasteiger partial charge in [-0.3, -0.25) is 0 Å². The smallest absolute Gasteiger partial charge is 0.116 e. The van der Waals surface area contributed by atoms with Gasteiger partial charge in [-0.1, -0.05) is 59.3 Å². The summed E-state index contributed by atoms with van der Waals surface area (Å²) in [5.41, 5.74) is 0. The maximum Gasteiger partial charge on any atom is 0.116 e. The topological polar surface area (TPSA) is 21.8 Å². The van der Waals surface area contributed by atoms with E-state index in [0.29, 0.717) is 6.10 Å². The number of ether oxygens (including phenoxy) is 2. The fraction of sp³-hybridized carbons (Fsp3) is 0.875. The lowest BCUT2D eigenvalue weighted by Crippen LogP contribution is -1.94. The van der Waals surface area contributed by atoms with E-state index in [1.807, 2.05) is 6.26 Å². The third kappa shape index (κ3) is 12.0. The minimum atomic E-state index is 0. The van der Waals surface area contributed by atoms with E-state index in [1.165, 1.54) is 51.4 Å². The summed E-state index contributed by atoms with van der Waals surface area (Å²) in [6.07, 6.45) is 16.6. The van der Waals surface area contributed by atoms with Gasteiger partial charge in [0.1, 0.15) is 12.7 Å². The second-order valence-corrected chi connectivity index (χ2v) is 4.92. The van der Waals surface area contributed by atoms with Gasteiger partial charge in [-0.15, -0.1) is 0 Å². The molecule has 1 aliphatic heterocycles. The first-order chi connectivity index (χ1) is 8.43. The van der Waals surface area contributed by atoms with Crippen molar-refractivity contribution in [3.05, 3.63) is 12.3 Å². The van der Waals surface area contributed by atoms with Gasteiger partial charge in [-0.2, -0.15) is 0 Å². The third-order valence-electron chi connectivity index (χ3n) is 3.10. The van der Waals surface area contributed by atoms with Crippen molar-refractivity contribution in [1.29, 1.82) is 0 Å². The first-order valence-corrected chi connectivity index (χ1v) is 7.31. The van der Waals surface area contributed by atoms with Gasteiger partial charge in [0.25, 0.3) is 0 Å². The van der Waals surface area contributed by atoms with Gasteiger partial charge < -0.3 is 9.47 Å². The highest BCUT2D eigenvalue weighted by atomic mass is 16.6. The van der Waals surface area contributed by atoms with Gasteiger partial charge in [0.15, 0.2) is 0 Å². The lowest BCUT2D eigenvalue weighted by Gasteiger charge is -2.00. The molecule has 1 rings (SSSR count). The van der Waals surface area contributed by atoms with Crippen LogP contribution in [0.15, 0.2) is 12.3 Å². The summed E-state index contributed by atoms with van der Waals surface area (Å²) in [5, 5.41) is 0. The summed E-state index contributed by atoms with van der Waals surface area (Å²) in [7, 11) is 0. The summed E-state index contributed by atoms with van der Waals surface area (Å²) >= 11 is 0. The molecule has 1 unspecified atom stereocenters. The normalized spacial score (nSPS) is 17.7. The van der Waals surface area contributed by atoms with Crippen molar-refractivity contribution < 1.29 is 9.47 Å². The van der Waals surface area contributed by atoms with Crippen molar-refractivity contribution in [1.82, 2.24) is 0 Å². The summed E-state index contributed by atoms with van der Waals surface area (Å²) < 4.78 is 10.4. The van der Waals surface area contributed by atoms with Gasteiger partial charge in [0, 0.05) is 0 Å². The molecule has 1 atom stereocenters. The summed E-state index contributed by atoms with van der Waals surface area (Å²) in [4.78, 5) is 0. The van der Waals surface area contributed by atoms with Crippen LogP contribution in [0, 0.1) is 0 Å². The average molecular weight is 256 g/mol. The quantitative estimate of drug-likeness (QED) is 0.276. The molecule has 1 aliphatic rings. The highest BCUT2D eigenvalue weighted by Crippen LogP contribution is 2.10. The van der Waals surface area contributed by atoms with Crippen LogP contribution in [0.2, 0.25) is 0 Å². The molecule has 0 saturated carbocycles. The van der Waals surface area contributed by atoms with Crippen molar-refractivity contribution in [3.63, 3.8) is 0 Å². The predicted molar refractivity (Wildman–Crippen MR) is 78.8 cm³/mol. The Morgan fingerprint density at radius 2 is 1.67 bits per heavy atom. The number of rotatable bonds is 12. The Morgan fingerprint density at radius 3 is 2.28 bits per heavy atom. The molecule has 1 fully saturated rings. The van der Waals surface area contributed by atoms with E-state index < -0.39 is 0 Å². The van der Waals surface area contributed by atoms with Crippen LogP contribution >= 0.6 is 0 Å². The Hall–Kier alpha value is -0.500. The predicted octanol–water partition coefficient (Wildman–Crippen LogP) is 5.08. The van der Waals surface area contributed by atoms with E-state index >= 15 is 0 Å². The lowest BCUT2D eigenvalue weighted by molar-refractivity contribution is 0.211. The van der Waals surface area contributed by atoms with E-state index in [2.05, 4.69) is 13.0 Å². The number of hydrogen-bond acceptors (Lipinski definition) is 2. The first kappa shape index (κ1) is 17.5. The lowest BCUT2D eigenvalue weighted by atomic mass is 10.1. The summed E-state index contributed by atoms with van der Waals surface area (Å²) in [6, 6.07) is 0. The molecule has 0 aromatic carbocycles. The minimum Gasteiger partial charge on any atom is -0.499 e. The van der Waals surface area contributed by atoms with E-state index in [0.717, 1.165) is 19.6 Å². The average Bonchev–Trinajstić information content (AvgIpc) is 3.15. The molecule has 1 saturated heterocycles. The van der Waals surface area contributed by atoms with Gasteiger partial charge in [-0.25, -0.2) is 0 Å². The van der Waals surface area contributed by atoms with Crippen LogP contribution in [0.3, 0.4) is 0 Å². The Balaban J connectivity index is 0.00000289. The highest BCUT2D eigenvalue weighted by molar-refractivity contribution is 4.75. The Bertz CT molecular complexity index is 186. The van der Waals surface area contributed by atoms with Crippen molar-refractivity contribution in [2.24, 2.45) is 0 Å². The Kier molecular flexibility index (Phi) is 12.6. The molecule has 2 nitrogen and oxygen atoms in total. The van der Waals surface area contributed by atoms with Gasteiger partial charge in [0.05, 0.1) is 12.9 Å². The monoisotopic (exact) mass is 256 g/mol. The standard InChI is InChI=1S/C15H28O2.CH4/c1-2-3-4-5-6-7-8-9-10-11-12-16-13-15-14-17-15;/h11-12,15H,2-10,13-14H2,1H3;1H4. The molecule has 0 spiro atoms. The fourth-order valence-electron chi connectivity index (χ4n) is 1.86. The van der Waals surface area contributed by atoms with Crippen LogP contribution in [0.4, 0.5) is 0 Å². The number of hydrogen-bond donors (Lipinski definition) is 0. The van der Waals surface area contributed by atoms with Crippen molar-refractivity contribution >= 4 is 0 Å². The van der Waals surface area contributed by atoms with E-state index in [4.69, 9.17) is 9.47 Å². The van der Waals surface area contributed by atoms with Crippen LogP contribution in [0.1, 0.15) is 72.1 Å². The fourth-order valence-corrected chi connectivity index (χ4v) is 1.86. The number of epoxide rings is 1. The van der Waals surface area contributed by atoms with Gasteiger partial charge in [-0.05, 0) is 18.9 Å². The van der Waals surface area contributed by atoms with Crippen molar-refractivity contribution in [3.8, 4) is 0 Å². The molecule has 1 heterocycles. The van der Waals surface area contributed by atoms with Crippen LogP contribution in [0.5, 0.6) is 0 Å². The summed E-state index contributed by atoms with van der Waals surface area (Å²) in [6.45, 7) is 3.88. The maximum absolute atomic E-state index is 5.32. The van der Waals surface area contributed by atoms with Gasteiger partial charge >= 0.3 is 0 Å². The molecule has 2 heteroatoms. The largest absolute Gasteiger partial charge is 0.499 e. The second kappa shape index (κ2) is 12.9. The molecular formula is C16H32O2. The van der Waals surface area contributed by atoms with E-state index in [9.17, 15) is 0 Å². The minimum absolute atomic E-state index is 0. The van der Waals surface area contributed by atoms with Crippen LogP contribution in [0.25, 0.3) is 0 Å². The molecule has 0 aliphatic carbocycles. The number of unbranched alkanes of at least 4 members (excludes halogenated alkanes) is 8. The van der Waals surface area contributed by atoms with Crippen LogP contribution < -0.4 is 0 Å². The number of allylic oxidation sites excluding steroid dienone is 1. The van der Waals surface area contributed by atoms with Crippen LogP contribution in [-0.4, -0.2) is 19.3 Å². The van der Waals surface area contributed by atoms with E-state index in [1.54, 1.807) is 0 Å². The second-order valence-electron chi connectivity index (χ2n) is 4.92. The molecule has 0 amide bonds. The molecular weight excluding hydrogens is 224 g/mol. The van der Waals surface area contributed by atoms with Crippen LogP contribution in [-0.2, 0) is 9.47 Å². The molecule has 0 aromatic heterocycles. The molecule has 18 heavy (non-hydrogen) atoms. The third-order valence-corrected chi connectivity index (χ3v) is 3.10. The molecule has 0 aromatic rings. The summed E-state index contributed by atoms with van der Waals surface area (Å²) in [5.74, 6) is 0. The molecule has 108 valence electrons. The molecule has 0 bridgehead atoms.